The third-order valence-electron chi connectivity index (χ3n) is 5.64. The second-order valence-electron chi connectivity index (χ2n) is 7.69. The van der Waals surface area contributed by atoms with Gasteiger partial charge < -0.3 is 14.4 Å². The Morgan fingerprint density at radius 2 is 1.44 bits per heavy atom. The Bertz CT molecular complexity index is 1330. The van der Waals surface area contributed by atoms with Crippen LogP contribution in [0.25, 0.3) is 21.9 Å². The number of fused-ring (bicyclic) bond motifs is 3. The molecular formula is C27H21NO4. The summed E-state index contributed by atoms with van der Waals surface area (Å²) in [6.07, 6.45) is -0.828. The number of anilines is 1. The minimum atomic E-state index is -0.828. The van der Waals surface area contributed by atoms with Gasteiger partial charge in [-0.15, -0.1) is 0 Å². The molecule has 0 bridgehead atoms. The molecule has 32 heavy (non-hydrogen) atoms. The van der Waals surface area contributed by atoms with Gasteiger partial charge in [0.2, 0.25) is 12.0 Å². The fourth-order valence-electron chi connectivity index (χ4n) is 4.21. The molecular weight excluding hydrogens is 402 g/mol. The van der Waals surface area contributed by atoms with Crippen LogP contribution in [0.2, 0.25) is 0 Å². The highest BCUT2D eigenvalue weighted by Crippen LogP contribution is 2.49. The Labute approximate surface area is 185 Å². The fourth-order valence-corrected chi connectivity index (χ4v) is 4.21. The van der Waals surface area contributed by atoms with E-state index in [2.05, 4.69) is 0 Å². The largest absolute Gasteiger partial charge is 0.461 e. The number of carbonyl (C=O) groups is 2. The molecule has 5 heteroatoms. The zero-order valence-electron chi connectivity index (χ0n) is 17.7. The molecule has 4 aromatic carbocycles. The number of para-hydroxylation sites is 1. The normalized spacial score (nSPS) is 14.7. The van der Waals surface area contributed by atoms with E-state index in [1.165, 1.54) is 6.92 Å². The third kappa shape index (κ3) is 3.19. The van der Waals surface area contributed by atoms with Crippen molar-refractivity contribution >= 4 is 28.2 Å². The van der Waals surface area contributed by atoms with Crippen molar-refractivity contribution in [1.29, 1.82) is 0 Å². The molecule has 0 fully saturated rings. The first kappa shape index (κ1) is 19.8. The molecule has 0 N–H and O–H groups in total. The first-order chi connectivity index (χ1) is 15.6. The van der Waals surface area contributed by atoms with E-state index in [0.717, 1.165) is 22.0 Å². The van der Waals surface area contributed by atoms with Crippen molar-refractivity contribution in [3.8, 4) is 22.6 Å². The number of Topliss-reactive ketones (excluding diaryl/α,β-unsaturated/α-hetero) is 1. The topological polar surface area (TPSA) is 55.8 Å². The molecule has 0 radical (unpaired) electrons. The molecule has 1 unspecified atom stereocenters. The Kier molecular flexibility index (Phi) is 4.86. The summed E-state index contributed by atoms with van der Waals surface area (Å²) in [5.41, 5.74) is 2.65. The fraction of sp³-hybridized carbons (Fsp3) is 0.111. The highest BCUT2D eigenvalue weighted by Gasteiger charge is 2.41. The monoisotopic (exact) mass is 423 g/mol. The molecule has 1 aliphatic heterocycles. The van der Waals surface area contributed by atoms with E-state index >= 15 is 0 Å². The number of rotatable bonds is 4. The van der Waals surface area contributed by atoms with Crippen molar-refractivity contribution in [2.75, 3.05) is 11.9 Å². The van der Waals surface area contributed by atoms with Gasteiger partial charge in [0.15, 0.2) is 0 Å². The molecule has 0 aromatic heterocycles. The quantitative estimate of drug-likeness (QED) is 0.322. The second-order valence-corrected chi connectivity index (χ2v) is 7.69. The van der Waals surface area contributed by atoms with Crippen LogP contribution in [0.4, 0.5) is 5.69 Å². The van der Waals surface area contributed by atoms with E-state index in [1.807, 2.05) is 96.9 Å². The number of benzene rings is 4. The van der Waals surface area contributed by atoms with Gasteiger partial charge in [-0.2, -0.15) is 0 Å². The Morgan fingerprint density at radius 1 is 0.844 bits per heavy atom. The Balaban J connectivity index is 1.78. The lowest BCUT2D eigenvalue weighted by atomic mass is 9.91. The zero-order valence-corrected chi connectivity index (χ0v) is 17.7. The highest BCUT2D eigenvalue weighted by molar-refractivity contribution is 6.18. The molecule has 5 rings (SSSR count). The lowest BCUT2D eigenvalue weighted by molar-refractivity contribution is -0.131. The summed E-state index contributed by atoms with van der Waals surface area (Å²) in [7, 11) is 1.83. The maximum Gasteiger partial charge on any atom is 0.308 e. The number of carbonyl (C=O) groups excluding carboxylic acids is 2. The third-order valence-corrected chi connectivity index (χ3v) is 5.64. The van der Waals surface area contributed by atoms with Gasteiger partial charge in [0.25, 0.3) is 0 Å². The summed E-state index contributed by atoms with van der Waals surface area (Å²) >= 11 is 0. The molecule has 1 aliphatic rings. The van der Waals surface area contributed by atoms with Gasteiger partial charge in [-0.25, -0.2) is 0 Å². The van der Waals surface area contributed by atoms with Gasteiger partial charge in [0.05, 0.1) is 5.56 Å². The van der Waals surface area contributed by atoms with Crippen LogP contribution in [-0.2, 0) is 4.79 Å². The van der Waals surface area contributed by atoms with E-state index < -0.39 is 12.2 Å². The number of ether oxygens (including phenoxy) is 2. The second kappa shape index (κ2) is 7.85. The van der Waals surface area contributed by atoms with Crippen LogP contribution in [0.1, 0.15) is 17.3 Å². The summed E-state index contributed by atoms with van der Waals surface area (Å²) < 4.78 is 12.0. The van der Waals surface area contributed by atoms with Gasteiger partial charge in [0.1, 0.15) is 11.5 Å². The van der Waals surface area contributed by atoms with Gasteiger partial charge in [-0.3, -0.25) is 9.59 Å². The van der Waals surface area contributed by atoms with Crippen molar-refractivity contribution in [2.45, 2.75) is 13.2 Å². The lowest BCUT2D eigenvalue weighted by Gasteiger charge is -2.24. The molecule has 4 aromatic rings. The number of likely N-dealkylation sites (N-methyl/N-ethyl adjacent to an activating group) is 1. The van der Waals surface area contributed by atoms with Crippen LogP contribution in [0.15, 0.2) is 84.9 Å². The minimum Gasteiger partial charge on any atom is -0.461 e. The number of hydrogen-bond donors (Lipinski definition) is 0. The van der Waals surface area contributed by atoms with Crippen LogP contribution in [-0.4, -0.2) is 25.0 Å². The number of hydrogen-bond acceptors (Lipinski definition) is 5. The van der Waals surface area contributed by atoms with Gasteiger partial charge >= 0.3 is 5.97 Å². The van der Waals surface area contributed by atoms with Crippen molar-refractivity contribution in [2.24, 2.45) is 0 Å². The number of nitrogens with zero attached hydrogens (tertiary/aromatic N) is 1. The van der Waals surface area contributed by atoms with Crippen molar-refractivity contribution in [3.63, 3.8) is 0 Å². The van der Waals surface area contributed by atoms with Crippen LogP contribution in [0.3, 0.4) is 0 Å². The van der Waals surface area contributed by atoms with Crippen molar-refractivity contribution in [3.05, 3.63) is 90.5 Å². The van der Waals surface area contributed by atoms with E-state index in [1.54, 1.807) is 0 Å². The lowest BCUT2D eigenvalue weighted by Crippen LogP contribution is -2.39. The first-order valence-corrected chi connectivity index (χ1v) is 10.4. The Morgan fingerprint density at radius 3 is 2.09 bits per heavy atom. The summed E-state index contributed by atoms with van der Waals surface area (Å²) in [6.45, 7) is 1.36. The smallest absolute Gasteiger partial charge is 0.308 e. The predicted molar refractivity (Wildman–Crippen MR) is 124 cm³/mol. The van der Waals surface area contributed by atoms with E-state index in [9.17, 15) is 9.59 Å². The summed E-state index contributed by atoms with van der Waals surface area (Å²) in [5.74, 6) is 0.257. The molecule has 0 spiro atoms. The van der Waals surface area contributed by atoms with Gasteiger partial charge in [-0.1, -0.05) is 72.8 Å². The molecule has 0 aliphatic carbocycles. The number of esters is 1. The number of ketones is 1. The maximum atomic E-state index is 13.8. The molecule has 5 nitrogen and oxygen atoms in total. The highest BCUT2D eigenvalue weighted by atomic mass is 16.5. The maximum absolute atomic E-state index is 13.8. The molecule has 1 heterocycles. The minimum absolute atomic E-state index is 0.177. The van der Waals surface area contributed by atoms with Crippen LogP contribution in [0, 0.1) is 0 Å². The summed E-state index contributed by atoms with van der Waals surface area (Å²) in [5, 5.41) is 1.45. The first-order valence-electron chi connectivity index (χ1n) is 10.4. The molecule has 1 atom stereocenters. The predicted octanol–water partition coefficient (Wildman–Crippen LogP) is 5.47. The summed E-state index contributed by atoms with van der Waals surface area (Å²) in [6, 6.07) is 26.6. The average molecular weight is 423 g/mol. The van der Waals surface area contributed by atoms with Crippen LogP contribution < -0.4 is 14.4 Å². The summed E-state index contributed by atoms with van der Waals surface area (Å²) in [4.78, 5) is 27.6. The average Bonchev–Trinajstić information content (AvgIpc) is 3.17. The van der Waals surface area contributed by atoms with Gasteiger partial charge in [-0.05, 0) is 17.7 Å². The van der Waals surface area contributed by atoms with Crippen LogP contribution in [0.5, 0.6) is 11.5 Å². The van der Waals surface area contributed by atoms with Crippen LogP contribution >= 0.6 is 0 Å². The standard InChI is InChI=1S/C27H21NO4/c1-17(29)31-25-20-15-9-10-16-21(20)26-23(22(25)18-11-5-3-6-12-18)24(30)27(32-26)28(2)19-13-7-4-8-14-19/h3-16,27H,1-2H3. The molecule has 0 amide bonds. The van der Waals surface area contributed by atoms with E-state index in [-0.39, 0.29) is 5.78 Å². The van der Waals surface area contributed by atoms with E-state index in [4.69, 9.17) is 9.47 Å². The molecule has 0 saturated carbocycles. The Hall–Kier alpha value is -4.12. The zero-order chi connectivity index (χ0) is 22.2. The van der Waals surface area contributed by atoms with Crippen molar-refractivity contribution < 1.29 is 19.1 Å². The SMILES string of the molecule is CC(=O)Oc1c(-c2ccccc2)c2c(c3ccccc13)OC(N(C)c1ccccc1)C2=O. The molecule has 0 saturated heterocycles. The van der Waals surface area contributed by atoms with E-state index in [0.29, 0.717) is 22.6 Å². The molecule has 158 valence electrons. The van der Waals surface area contributed by atoms with Crippen molar-refractivity contribution in [1.82, 2.24) is 0 Å². The van der Waals surface area contributed by atoms with Gasteiger partial charge in [0, 0.05) is 36.0 Å².